The Hall–Kier alpha value is -0.410. The van der Waals surface area contributed by atoms with Crippen molar-refractivity contribution in [2.24, 2.45) is 4.99 Å². The highest BCUT2D eigenvalue weighted by Gasteiger charge is 2.21. The second-order valence-corrected chi connectivity index (χ2v) is 7.53. The molecule has 1 aromatic rings. The molecule has 7 heteroatoms. The van der Waals surface area contributed by atoms with Gasteiger partial charge in [0.1, 0.15) is 5.01 Å². The molecule has 2 N–H and O–H groups in total. The van der Waals surface area contributed by atoms with Crippen molar-refractivity contribution in [2.45, 2.75) is 58.5 Å². The smallest absolute Gasteiger partial charge is 0.191 e. The van der Waals surface area contributed by atoms with E-state index in [-0.39, 0.29) is 24.0 Å². The van der Waals surface area contributed by atoms with Crippen molar-refractivity contribution < 1.29 is 0 Å². The van der Waals surface area contributed by atoms with Gasteiger partial charge in [0.2, 0.25) is 0 Å². The Morgan fingerprint density at radius 1 is 1.42 bits per heavy atom. The molecule has 0 radical (unpaired) electrons. The van der Waals surface area contributed by atoms with Gasteiger partial charge in [-0.25, -0.2) is 4.98 Å². The molecule has 1 saturated heterocycles. The van der Waals surface area contributed by atoms with Gasteiger partial charge in [-0.15, -0.1) is 35.3 Å². The van der Waals surface area contributed by atoms with Crippen molar-refractivity contribution in [1.82, 2.24) is 20.5 Å². The number of hydrogen-bond acceptors (Lipinski definition) is 4. The number of aliphatic imine (C=N–C) groups is 1. The topological polar surface area (TPSA) is 52.5 Å². The molecule has 2 rings (SSSR count). The molecule has 1 atom stereocenters. The van der Waals surface area contributed by atoms with Crippen molar-refractivity contribution in [1.29, 1.82) is 0 Å². The molecular formula is C17H32IN5S. The van der Waals surface area contributed by atoms with Crippen LogP contribution in [0.2, 0.25) is 0 Å². The third-order valence-corrected chi connectivity index (χ3v) is 5.27. The van der Waals surface area contributed by atoms with Crippen LogP contribution < -0.4 is 10.6 Å². The molecule has 5 nitrogen and oxygen atoms in total. The van der Waals surface area contributed by atoms with E-state index in [1.54, 1.807) is 11.3 Å². The molecule has 1 aliphatic heterocycles. The standard InChI is InChI=1S/C17H31N5S.HI/c1-4-5-9-22-10-7-6-8-15(22)12-20-17(18-3)21-13-16-19-11-14(2)23-16;/h11,15H,4-10,12-13H2,1-3H3,(H2,18,20,21);1H. The number of guanidine groups is 1. The predicted molar refractivity (Wildman–Crippen MR) is 115 cm³/mol. The second kappa shape index (κ2) is 12.0. The van der Waals surface area contributed by atoms with Crippen LogP contribution in [0.4, 0.5) is 0 Å². The number of nitrogens with zero attached hydrogens (tertiary/aromatic N) is 3. The summed E-state index contributed by atoms with van der Waals surface area (Å²) in [6, 6.07) is 0.635. The Morgan fingerprint density at radius 2 is 2.25 bits per heavy atom. The number of hydrogen-bond donors (Lipinski definition) is 2. The fourth-order valence-electron chi connectivity index (χ4n) is 3.02. The number of piperidine rings is 1. The van der Waals surface area contributed by atoms with E-state index in [9.17, 15) is 0 Å². The van der Waals surface area contributed by atoms with Crippen LogP contribution in [0.1, 0.15) is 48.9 Å². The van der Waals surface area contributed by atoms with Crippen LogP contribution in [-0.2, 0) is 6.54 Å². The lowest BCUT2D eigenvalue weighted by atomic mass is 10.0. The van der Waals surface area contributed by atoms with E-state index < -0.39 is 0 Å². The van der Waals surface area contributed by atoms with Gasteiger partial charge in [0.05, 0.1) is 6.54 Å². The average molecular weight is 465 g/mol. The van der Waals surface area contributed by atoms with Gasteiger partial charge in [0.25, 0.3) is 0 Å². The first-order valence-corrected chi connectivity index (χ1v) is 9.64. The van der Waals surface area contributed by atoms with Crippen molar-refractivity contribution in [3.05, 3.63) is 16.1 Å². The maximum atomic E-state index is 4.38. The first-order chi connectivity index (χ1) is 11.2. The number of unbranched alkanes of at least 4 members (excludes halogenated alkanes) is 1. The zero-order valence-corrected chi connectivity index (χ0v) is 18.3. The Morgan fingerprint density at radius 3 is 2.92 bits per heavy atom. The van der Waals surface area contributed by atoms with Gasteiger partial charge in [-0.05, 0) is 39.3 Å². The predicted octanol–water partition coefficient (Wildman–Crippen LogP) is 3.39. The van der Waals surface area contributed by atoms with Crippen LogP contribution in [0.3, 0.4) is 0 Å². The lowest BCUT2D eigenvalue weighted by molar-refractivity contribution is 0.147. The first kappa shape index (κ1) is 21.6. The highest BCUT2D eigenvalue weighted by molar-refractivity contribution is 14.0. The van der Waals surface area contributed by atoms with Gasteiger partial charge in [0, 0.05) is 30.7 Å². The van der Waals surface area contributed by atoms with Crippen LogP contribution in [0.15, 0.2) is 11.2 Å². The van der Waals surface area contributed by atoms with Crippen LogP contribution in [-0.4, -0.2) is 48.6 Å². The van der Waals surface area contributed by atoms with Crippen LogP contribution >= 0.6 is 35.3 Å². The molecule has 0 amide bonds. The molecule has 2 heterocycles. The molecule has 0 saturated carbocycles. The summed E-state index contributed by atoms with van der Waals surface area (Å²) in [6.07, 6.45) is 8.47. The fourth-order valence-corrected chi connectivity index (χ4v) is 3.75. The summed E-state index contributed by atoms with van der Waals surface area (Å²) in [4.78, 5) is 12.6. The molecule has 1 aliphatic rings. The Kier molecular flexibility index (Phi) is 10.8. The van der Waals surface area contributed by atoms with E-state index in [2.05, 4.69) is 39.4 Å². The van der Waals surface area contributed by atoms with E-state index in [0.717, 1.165) is 24.1 Å². The summed E-state index contributed by atoms with van der Waals surface area (Å²) in [6.45, 7) is 8.54. The zero-order valence-electron chi connectivity index (χ0n) is 15.2. The van der Waals surface area contributed by atoms with Gasteiger partial charge < -0.3 is 10.6 Å². The van der Waals surface area contributed by atoms with Gasteiger partial charge in [-0.1, -0.05) is 19.8 Å². The Bertz CT molecular complexity index is 491. The van der Waals surface area contributed by atoms with E-state index in [0.29, 0.717) is 6.04 Å². The zero-order chi connectivity index (χ0) is 16.5. The monoisotopic (exact) mass is 465 g/mol. The number of aromatic nitrogens is 1. The Balaban J connectivity index is 0.00000288. The molecule has 1 unspecified atom stereocenters. The maximum absolute atomic E-state index is 4.38. The second-order valence-electron chi connectivity index (χ2n) is 6.21. The van der Waals surface area contributed by atoms with Crippen molar-refractivity contribution in [3.63, 3.8) is 0 Å². The fraction of sp³-hybridized carbons (Fsp3) is 0.765. The number of likely N-dealkylation sites (tertiary alicyclic amines) is 1. The summed E-state index contributed by atoms with van der Waals surface area (Å²) in [5.41, 5.74) is 0. The highest BCUT2D eigenvalue weighted by Crippen LogP contribution is 2.17. The summed E-state index contributed by atoms with van der Waals surface area (Å²) in [5, 5.41) is 7.97. The van der Waals surface area contributed by atoms with E-state index in [1.165, 1.54) is 50.1 Å². The molecule has 138 valence electrons. The molecular weight excluding hydrogens is 433 g/mol. The minimum atomic E-state index is 0. The molecule has 0 aliphatic carbocycles. The van der Waals surface area contributed by atoms with E-state index in [4.69, 9.17) is 0 Å². The largest absolute Gasteiger partial charge is 0.355 e. The average Bonchev–Trinajstić information content (AvgIpc) is 2.99. The quantitative estimate of drug-likeness (QED) is 0.368. The molecule has 0 spiro atoms. The lowest BCUT2D eigenvalue weighted by Gasteiger charge is -2.36. The molecule has 24 heavy (non-hydrogen) atoms. The van der Waals surface area contributed by atoms with Crippen molar-refractivity contribution in [2.75, 3.05) is 26.7 Å². The van der Waals surface area contributed by atoms with Crippen LogP contribution in [0.25, 0.3) is 0 Å². The molecule has 1 aromatic heterocycles. The van der Waals surface area contributed by atoms with Crippen LogP contribution in [0.5, 0.6) is 0 Å². The van der Waals surface area contributed by atoms with Gasteiger partial charge >= 0.3 is 0 Å². The summed E-state index contributed by atoms with van der Waals surface area (Å²) >= 11 is 1.73. The van der Waals surface area contributed by atoms with Crippen molar-refractivity contribution >= 4 is 41.3 Å². The minimum absolute atomic E-state index is 0. The van der Waals surface area contributed by atoms with Gasteiger partial charge in [-0.3, -0.25) is 9.89 Å². The third kappa shape index (κ3) is 7.23. The molecule has 0 bridgehead atoms. The molecule has 1 fully saturated rings. The van der Waals surface area contributed by atoms with Crippen molar-refractivity contribution in [3.8, 4) is 0 Å². The van der Waals surface area contributed by atoms with E-state index in [1.807, 2.05) is 13.2 Å². The Labute approximate surface area is 167 Å². The van der Waals surface area contributed by atoms with Gasteiger partial charge in [-0.2, -0.15) is 0 Å². The van der Waals surface area contributed by atoms with E-state index >= 15 is 0 Å². The third-order valence-electron chi connectivity index (χ3n) is 4.35. The summed E-state index contributed by atoms with van der Waals surface area (Å²) in [7, 11) is 1.83. The SMILES string of the molecule is CCCCN1CCCCC1CNC(=NC)NCc1ncc(C)s1.I. The number of aryl methyl sites for hydroxylation is 1. The number of nitrogens with one attached hydrogen (secondary N) is 2. The van der Waals surface area contributed by atoms with Crippen LogP contribution in [0, 0.1) is 6.92 Å². The highest BCUT2D eigenvalue weighted by atomic mass is 127. The van der Waals surface area contributed by atoms with Gasteiger partial charge in [0.15, 0.2) is 5.96 Å². The number of rotatable bonds is 7. The number of halogens is 1. The first-order valence-electron chi connectivity index (χ1n) is 8.82. The maximum Gasteiger partial charge on any atom is 0.191 e. The summed E-state index contributed by atoms with van der Waals surface area (Å²) in [5.74, 6) is 0.874. The summed E-state index contributed by atoms with van der Waals surface area (Å²) < 4.78 is 0. The normalized spacial score (nSPS) is 19.0. The molecule has 0 aromatic carbocycles. The number of thiazole rings is 1. The lowest BCUT2D eigenvalue weighted by Crippen LogP contribution is -2.49. The minimum Gasteiger partial charge on any atom is -0.355 e.